The number of carbonyl (C=O) groups is 1. The third-order valence-corrected chi connectivity index (χ3v) is 4.96. The van der Waals surface area contributed by atoms with Gasteiger partial charge in [0.25, 0.3) is 5.91 Å². The molecule has 0 radical (unpaired) electrons. The Morgan fingerprint density at radius 1 is 1.04 bits per heavy atom. The van der Waals surface area contributed by atoms with E-state index in [0.29, 0.717) is 38.0 Å². The number of anilines is 1. The summed E-state index contributed by atoms with van der Waals surface area (Å²) >= 11 is 19.3. The molecule has 3 rings (SSSR count). The predicted molar refractivity (Wildman–Crippen MR) is 105 cm³/mol. The van der Waals surface area contributed by atoms with Gasteiger partial charge in [-0.3, -0.25) is 4.79 Å². The molecule has 2 aromatic carbocycles. The summed E-state index contributed by atoms with van der Waals surface area (Å²) in [6.07, 6.45) is 0. The molecule has 1 amide bonds. The van der Waals surface area contributed by atoms with Crippen LogP contribution in [0.25, 0.3) is 0 Å². The summed E-state index contributed by atoms with van der Waals surface area (Å²) in [6, 6.07) is 13.9. The van der Waals surface area contributed by atoms with Crippen molar-refractivity contribution in [3.05, 3.63) is 79.4 Å². The standard InChI is InChI=1S/C18H12Cl3NO2S/c19-12-6-13(20)8-14(7-12)22-18(23)17-5-11(10-25-17)9-24-16-4-2-1-3-15(16)21/h1-8,10H,9H2,(H,22,23). The van der Waals surface area contributed by atoms with E-state index in [-0.39, 0.29) is 5.91 Å². The summed E-state index contributed by atoms with van der Waals surface area (Å²) < 4.78 is 5.67. The number of carbonyl (C=O) groups excluding carboxylic acids is 1. The number of amides is 1. The summed E-state index contributed by atoms with van der Waals surface area (Å²) in [5.41, 5.74) is 1.43. The van der Waals surface area contributed by atoms with Gasteiger partial charge in [-0.25, -0.2) is 0 Å². The lowest BCUT2D eigenvalue weighted by molar-refractivity contribution is 0.103. The average molecular weight is 413 g/mol. The van der Waals surface area contributed by atoms with Crippen molar-refractivity contribution in [2.24, 2.45) is 0 Å². The molecule has 128 valence electrons. The van der Waals surface area contributed by atoms with Gasteiger partial charge < -0.3 is 10.1 Å². The first kappa shape index (κ1) is 18.1. The summed E-state index contributed by atoms with van der Waals surface area (Å²) in [5, 5.41) is 6.12. The first-order valence-corrected chi connectivity index (χ1v) is 9.25. The average Bonchev–Trinajstić information content (AvgIpc) is 3.02. The zero-order valence-electron chi connectivity index (χ0n) is 12.8. The van der Waals surface area contributed by atoms with E-state index < -0.39 is 0 Å². The summed E-state index contributed by atoms with van der Waals surface area (Å²) in [6.45, 7) is 0.330. The number of nitrogens with one attached hydrogen (secondary N) is 1. The highest BCUT2D eigenvalue weighted by Gasteiger charge is 2.11. The van der Waals surface area contributed by atoms with E-state index in [0.717, 1.165) is 5.56 Å². The molecule has 3 aromatic rings. The molecule has 0 bridgehead atoms. The van der Waals surface area contributed by atoms with Crippen molar-refractivity contribution in [3.63, 3.8) is 0 Å². The Kier molecular flexibility index (Phi) is 5.86. The fourth-order valence-electron chi connectivity index (χ4n) is 2.11. The lowest BCUT2D eigenvalue weighted by atomic mass is 10.3. The molecule has 0 spiro atoms. The van der Waals surface area contributed by atoms with E-state index in [4.69, 9.17) is 39.5 Å². The van der Waals surface area contributed by atoms with Crippen molar-refractivity contribution in [2.75, 3.05) is 5.32 Å². The molecular weight excluding hydrogens is 401 g/mol. The molecule has 0 aliphatic heterocycles. The molecule has 3 nitrogen and oxygen atoms in total. The van der Waals surface area contributed by atoms with Crippen LogP contribution in [0.3, 0.4) is 0 Å². The minimum absolute atomic E-state index is 0.229. The van der Waals surface area contributed by atoms with E-state index in [2.05, 4.69) is 5.32 Å². The number of rotatable bonds is 5. The van der Waals surface area contributed by atoms with Crippen LogP contribution in [-0.4, -0.2) is 5.91 Å². The Labute approximate surface area is 164 Å². The highest BCUT2D eigenvalue weighted by atomic mass is 35.5. The maximum atomic E-state index is 12.3. The molecule has 1 N–H and O–H groups in total. The molecule has 0 aliphatic rings. The fraction of sp³-hybridized carbons (Fsp3) is 0.0556. The van der Waals surface area contributed by atoms with E-state index in [1.54, 1.807) is 36.4 Å². The Morgan fingerprint density at radius 2 is 1.76 bits per heavy atom. The molecule has 7 heteroatoms. The number of benzene rings is 2. The zero-order chi connectivity index (χ0) is 17.8. The van der Waals surface area contributed by atoms with E-state index in [1.165, 1.54) is 11.3 Å². The SMILES string of the molecule is O=C(Nc1cc(Cl)cc(Cl)c1)c1cc(COc2ccccc2Cl)cs1. The zero-order valence-corrected chi connectivity index (χ0v) is 15.8. The number of thiophene rings is 1. The third-order valence-electron chi connectivity index (χ3n) is 3.23. The Balaban J connectivity index is 1.64. The summed E-state index contributed by atoms with van der Waals surface area (Å²) in [4.78, 5) is 12.9. The third kappa shape index (κ3) is 4.89. The summed E-state index contributed by atoms with van der Waals surface area (Å²) in [5.74, 6) is 0.377. The molecule has 25 heavy (non-hydrogen) atoms. The molecule has 0 atom stereocenters. The van der Waals surface area contributed by atoms with Crippen molar-refractivity contribution < 1.29 is 9.53 Å². The molecule has 0 saturated carbocycles. The van der Waals surface area contributed by atoms with Gasteiger partial charge in [-0.15, -0.1) is 11.3 Å². The van der Waals surface area contributed by atoms with Gasteiger partial charge in [0, 0.05) is 21.3 Å². The predicted octanol–water partition coefficient (Wildman–Crippen LogP) is 6.54. The maximum Gasteiger partial charge on any atom is 0.265 e. The summed E-state index contributed by atoms with van der Waals surface area (Å²) in [7, 11) is 0. The lowest BCUT2D eigenvalue weighted by Crippen LogP contribution is -2.10. The number of halogens is 3. The van der Waals surface area contributed by atoms with Crippen molar-refractivity contribution in [1.29, 1.82) is 0 Å². The Hall–Kier alpha value is -1.72. The Bertz CT molecular complexity index is 891. The van der Waals surface area contributed by atoms with Crippen LogP contribution in [0.5, 0.6) is 5.75 Å². The van der Waals surface area contributed by atoms with Crippen molar-refractivity contribution in [2.45, 2.75) is 6.61 Å². The number of ether oxygens (including phenoxy) is 1. The normalized spacial score (nSPS) is 10.5. The van der Waals surface area contributed by atoms with Crippen molar-refractivity contribution >= 4 is 57.7 Å². The second-order valence-corrected chi connectivity index (χ2v) is 7.34. The Morgan fingerprint density at radius 3 is 2.48 bits per heavy atom. The topological polar surface area (TPSA) is 38.3 Å². The van der Waals surface area contributed by atoms with Crippen LogP contribution in [0.1, 0.15) is 15.2 Å². The molecule has 1 heterocycles. The molecule has 0 fully saturated rings. The van der Waals surface area contributed by atoms with Crippen LogP contribution >= 0.6 is 46.1 Å². The molecule has 0 aliphatic carbocycles. The molecule has 0 saturated heterocycles. The largest absolute Gasteiger partial charge is 0.487 e. The van der Waals surface area contributed by atoms with E-state index in [9.17, 15) is 4.79 Å². The van der Waals surface area contributed by atoms with Crippen LogP contribution in [0.15, 0.2) is 53.9 Å². The van der Waals surface area contributed by atoms with Gasteiger partial charge in [-0.1, -0.05) is 46.9 Å². The second kappa shape index (κ2) is 8.11. The highest BCUT2D eigenvalue weighted by Crippen LogP contribution is 2.26. The van der Waals surface area contributed by atoms with Crippen LogP contribution in [0, 0.1) is 0 Å². The lowest BCUT2D eigenvalue weighted by Gasteiger charge is -2.06. The quantitative estimate of drug-likeness (QED) is 0.516. The fourth-order valence-corrected chi connectivity index (χ4v) is 3.62. The smallest absolute Gasteiger partial charge is 0.265 e. The van der Waals surface area contributed by atoms with Gasteiger partial charge >= 0.3 is 0 Å². The first-order valence-electron chi connectivity index (χ1n) is 7.23. The van der Waals surface area contributed by atoms with Gasteiger partial charge in [-0.2, -0.15) is 0 Å². The molecular formula is C18H12Cl3NO2S. The van der Waals surface area contributed by atoms with Crippen molar-refractivity contribution in [3.8, 4) is 5.75 Å². The maximum absolute atomic E-state index is 12.3. The van der Waals surface area contributed by atoms with Crippen LogP contribution in [-0.2, 0) is 6.61 Å². The van der Waals surface area contributed by atoms with Gasteiger partial charge in [-0.05, 0) is 41.8 Å². The van der Waals surface area contributed by atoms with Gasteiger partial charge in [0.2, 0.25) is 0 Å². The van der Waals surface area contributed by atoms with Crippen molar-refractivity contribution in [1.82, 2.24) is 0 Å². The monoisotopic (exact) mass is 411 g/mol. The second-order valence-electron chi connectivity index (χ2n) is 5.15. The van der Waals surface area contributed by atoms with Crippen LogP contribution in [0.2, 0.25) is 15.1 Å². The minimum Gasteiger partial charge on any atom is -0.487 e. The number of hydrogen-bond donors (Lipinski definition) is 1. The van der Waals surface area contributed by atoms with Gasteiger partial charge in [0.05, 0.1) is 9.90 Å². The number of para-hydroxylation sites is 1. The van der Waals surface area contributed by atoms with Gasteiger partial charge in [0.15, 0.2) is 0 Å². The minimum atomic E-state index is -0.229. The van der Waals surface area contributed by atoms with Gasteiger partial charge in [0.1, 0.15) is 12.4 Å². The van der Waals surface area contributed by atoms with E-state index in [1.807, 2.05) is 17.5 Å². The first-order chi connectivity index (χ1) is 12.0. The highest BCUT2D eigenvalue weighted by molar-refractivity contribution is 7.12. The number of hydrogen-bond acceptors (Lipinski definition) is 3. The van der Waals surface area contributed by atoms with Crippen LogP contribution < -0.4 is 10.1 Å². The van der Waals surface area contributed by atoms with Crippen LogP contribution in [0.4, 0.5) is 5.69 Å². The molecule has 0 unspecified atom stereocenters. The van der Waals surface area contributed by atoms with E-state index >= 15 is 0 Å². The molecule has 1 aromatic heterocycles.